The standard InChI is InChI=1S/C24H26N4O2/c1-24(2,30)22(17-8-9-17)28-14-18-10-11-25-21(20(18)23(28)29)16-6-4-15(5-7-16)19-12-26-27(3)13-19/h4-7,10-13,17,22,30H,8-9,14H2,1-3H3. The average molecular weight is 402 g/mol. The normalized spacial score (nSPS) is 17.3. The Labute approximate surface area is 176 Å². The van der Waals surface area contributed by atoms with E-state index in [1.807, 2.05) is 68.5 Å². The highest BCUT2D eigenvalue weighted by Gasteiger charge is 2.48. The molecule has 30 heavy (non-hydrogen) atoms. The second-order valence-electron chi connectivity index (χ2n) is 9.04. The maximum atomic E-state index is 13.5. The lowest BCUT2D eigenvalue weighted by Crippen LogP contribution is -2.51. The molecule has 3 aromatic rings. The molecule has 1 N–H and O–H groups in total. The zero-order chi connectivity index (χ0) is 21.0. The lowest BCUT2D eigenvalue weighted by Gasteiger charge is -2.37. The molecule has 1 aliphatic carbocycles. The Kier molecular flexibility index (Phi) is 4.29. The highest BCUT2D eigenvalue weighted by molar-refractivity contribution is 6.04. The molecule has 6 nitrogen and oxygen atoms in total. The number of aliphatic hydroxyl groups is 1. The molecule has 5 rings (SSSR count). The molecule has 1 saturated carbocycles. The number of aryl methyl sites for hydroxylation is 1. The third-order valence-electron chi connectivity index (χ3n) is 6.18. The second-order valence-corrected chi connectivity index (χ2v) is 9.04. The first kappa shape index (κ1) is 19.0. The van der Waals surface area contributed by atoms with Crippen molar-refractivity contribution in [1.29, 1.82) is 0 Å². The van der Waals surface area contributed by atoms with E-state index in [0.717, 1.165) is 35.1 Å². The number of hydrogen-bond acceptors (Lipinski definition) is 4. The summed E-state index contributed by atoms with van der Waals surface area (Å²) in [7, 11) is 1.90. The van der Waals surface area contributed by atoms with Gasteiger partial charge in [0, 0.05) is 37.1 Å². The SMILES string of the molecule is Cn1cc(-c2ccc(-c3nccc4c3C(=O)N(C(C3CC3)C(C)(C)O)C4)cc2)cn1. The summed E-state index contributed by atoms with van der Waals surface area (Å²) in [4.78, 5) is 19.9. The van der Waals surface area contributed by atoms with E-state index in [1.165, 1.54) is 0 Å². The van der Waals surface area contributed by atoms with E-state index in [1.54, 1.807) is 10.9 Å². The summed E-state index contributed by atoms with van der Waals surface area (Å²) in [6, 6.07) is 9.85. The van der Waals surface area contributed by atoms with Crippen LogP contribution in [0.4, 0.5) is 0 Å². The zero-order valence-corrected chi connectivity index (χ0v) is 17.5. The Morgan fingerprint density at radius 3 is 2.40 bits per heavy atom. The highest BCUT2D eigenvalue weighted by atomic mass is 16.3. The fourth-order valence-electron chi connectivity index (χ4n) is 4.73. The molecular weight excluding hydrogens is 376 g/mol. The Balaban J connectivity index is 1.49. The number of hydrogen-bond donors (Lipinski definition) is 1. The molecule has 0 saturated heterocycles. The quantitative estimate of drug-likeness (QED) is 0.707. The van der Waals surface area contributed by atoms with Gasteiger partial charge in [0.2, 0.25) is 0 Å². The Bertz CT molecular complexity index is 1110. The van der Waals surface area contributed by atoms with Gasteiger partial charge >= 0.3 is 0 Å². The summed E-state index contributed by atoms with van der Waals surface area (Å²) in [5, 5.41) is 15.0. The van der Waals surface area contributed by atoms with E-state index in [2.05, 4.69) is 10.1 Å². The topological polar surface area (TPSA) is 71.2 Å². The van der Waals surface area contributed by atoms with Gasteiger partial charge in [0.1, 0.15) is 0 Å². The van der Waals surface area contributed by atoms with Gasteiger partial charge in [0.05, 0.1) is 29.1 Å². The maximum absolute atomic E-state index is 13.5. The Morgan fingerprint density at radius 1 is 1.10 bits per heavy atom. The highest BCUT2D eigenvalue weighted by Crippen LogP contribution is 2.43. The lowest BCUT2D eigenvalue weighted by molar-refractivity contribution is -0.0224. The molecule has 0 bridgehead atoms. The molecule has 1 aromatic carbocycles. The van der Waals surface area contributed by atoms with Gasteiger partial charge in [0.15, 0.2) is 0 Å². The van der Waals surface area contributed by atoms with Crippen LogP contribution < -0.4 is 0 Å². The minimum atomic E-state index is -0.933. The van der Waals surface area contributed by atoms with Crippen LogP contribution in [-0.4, -0.2) is 42.3 Å². The van der Waals surface area contributed by atoms with E-state index < -0.39 is 5.60 Å². The number of nitrogens with zero attached hydrogens (tertiary/aromatic N) is 4. The number of aromatic nitrogens is 3. The van der Waals surface area contributed by atoms with E-state index in [9.17, 15) is 9.90 Å². The summed E-state index contributed by atoms with van der Waals surface area (Å²) in [6.45, 7) is 4.15. The van der Waals surface area contributed by atoms with Crippen molar-refractivity contribution in [2.45, 2.75) is 44.9 Å². The average Bonchev–Trinajstić information content (AvgIpc) is 3.35. The van der Waals surface area contributed by atoms with Gasteiger partial charge in [-0.25, -0.2) is 0 Å². The molecule has 1 aliphatic heterocycles. The second kappa shape index (κ2) is 6.77. The van der Waals surface area contributed by atoms with Crippen LogP contribution in [0, 0.1) is 5.92 Å². The van der Waals surface area contributed by atoms with Gasteiger partial charge in [-0.05, 0) is 49.8 Å². The summed E-state index contributed by atoms with van der Waals surface area (Å²) in [5.41, 5.74) is 4.47. The van der Waals surface area contributed by atoms with Crippen LogP contribution >= 0.6 is 0 Å². The molecule has 2 aromatic heterocycles. The molecule has 1 atom stereocenters. The molecular formula is C24H26N4O2. The van der Waals surface area contributed by atoms with Crippen LogP contribution in [-0.2, 0) is 13.6 Å². The van der Waals surface area contributed by atoms with E-state index in [0.29, 0.717) is 23.7 Å². The van der Waals surface area contributed by atoms with Gasteiger partial charge < -0.3 is 10.0 Å². The van der Waals surface area contributed by atoms with Crippen molar-refractivity contribution in [2.24, 2.45) is 13.0 Å². The first-order valence-corrected chi connectivity index (χ1v) is 10.4. The first-order chi connectivity index (χ1) is 14.3. The van der Waals surface area contributed by atoms with E-state index in [-0.39, 0.29) is 11.9 Å². The predicted octanol–water partition coefficient (Wildman–Crippen LogP) is 3.65. The van der Waals surface area contributed by atoms with Crippen molar-refractivity contribution in [2.75, 3.05) is 0 Å². The number of fused-ring (bicyclic) bond motifs is 1. The van der Waals surface area contributed by atoms with Gasteiger partial charge in [-0.15, -0.1) is 0 Å². The van der Waals surface area contributed by atoms with Gasteiger partial charge in [-0.1, -0.05) is 24.3 Å². The zero-order valence-electron chi connectivity index (χ0n) is 17.5. The maximum Gasteiger partial charge on any atom is 0.257 e. The fraction of sp³-hybridized carbons (Fsp3) is 0.375. The number of amides is 1. The lowest BCUT2D eigenvalue weighted by atomic mass is 9.93. The monoisotopic (exact) mass is 402 g/mol. The minimum Gasteiger partial charge on any atom is -0.388 e. The predicted molar refractivity (Wildman–Crippen MR) is 115 cm³/mol. The smallest absolute Gasteiger partial charge is 0.257 e. The van der Waals surface area contributed by atoms with E-state index in [4.69, 9.17) is 0 Å². The van der Waals surface area contributed by atoms with Gasteiger partial charge in [0.25, 0.3) is 5.91 Å². The van der Waals surface area contributed by atoms with Crippen LogP contribution in [0.15, 0.2) is 48.9 Å². The summed E-state index contributed by atoms with van der Waals surface area (Å²) >= 11 is 0. The molecule has 154 valence electrons. The van der Waals surface area contributed by atoms with Crippen LogP contribution in [0.5, 0.6) is 0 Å². The summed E-state index contributed by atoms with van der Waals surface area (Å²) in [5.74, 6) is 0.349. The van der Waals surface area contributed by atoms with Crippen LogP contribution in [0.2, 0.25) is 0 Å². The van der Waals surface area contributed by atoms with Crippen molar-refractivity contribution in [3.05, 3.63) is 60.0 Å². The molecule has 6 heteroatoms. The van der Waals surface area contributed by atoms with Crippen LogP contribution in [0.25, 0.3) is 22.4 Å². The van der Waals surface area contributed by atoms with Crippen molar-refractivity contribution in [3.8, 4) is 22.4 Å². The van der Waals surface area contributed by atoms with Gasteiger partial charge in [-0.2, -0.15) is 5.10 Å². The van der Waals surface area contributed by atoms with Gasteiger partial charge in [-0.3, -0.25) is 14.5 Å². The number of benzene rings is 1. The molecule has 1 amide bonds. The minimum absolute atomic E-state index is 0.0246. The third-order valence-corrected chi connectivity index (χ3v) is 6.18. The van der Waals surface area contributed by atoms with E-state index >= 15 is 0 Å². The third kappa shape index (κ3) is 3.21. The summed E-state index contributed by atoms with van der Waals surface area (Å²) in [6.07, 6.45) is 7.72. The van der Waals surface area contributed by atoms with Crippen LogP contribution in [0.1, 0.15) is 42.6 Å². The molecule has 1 unspecified atom stereocenters. The molecule has 3 heterocycles. The fourth-order valence-corrected chi connectivity index (χ4v) is 4.73. The molecule has 0 spiro atoms. The largest absolute Gasteiger partial charge is 0.388 e. The first-order valence-electron chi connectivity index (χ1n) is 10.4. The van der Waals surface area contributed by atoms with Crippen molar-refractivity contribution >= 4 is 5.91 Å². The molecule has 2 aliphatic rings. The van der Waals surface area contributed by atoms with Crippen molar-refractivity contribution in [1.82, 2.24) is 19.7 Å². The molecule has 1 fully saturated rings. The molecule has 0 radical (unpaired) electrons. The Hall–Kier alpha value is -2.99. The van der Waals surface area contributed by atoms with Crippen molar-refractivity contribution in [3.63, 3.8) is 0 Å². The summed E-state index contributed by atoms with van der Waals surface area (Å²) < 4.78 is 1.78. The number of carbonyl (C=O) groups excluding carboxylic acids is 1. The Morgan fingerprint density at radius 2 is 1.80 bits per heavy atom. The number of pyridine rings is 1. The van der Waals surface area contributed by atoms with Crippen LogP contribution in [0.3, 0.4) is 0 Å². The number of rotatable bonds is 5. The number of carbonyl (C=O) groups is 1. The van der Waals surface area contributed by atoms with Crippen molar-refractivity contribution < 1.29 is 9.90 Å².